The van der Waals surface area contributed by atoms with Crippen molar-refractivity contribution in [3.63, 3.8) is 0 Å². The Morgan fingerprint density at radius 1 is 1.38 bits per heavy atom. The quantitative estimate of drug-likeness (QED) is 0.541. The van der Waals surface area contributed by atoms with Gasteiger partial charge in [0.05, 0.1) is 6.54 Å². The summed E-state index contributed by atoms with van der Waals surface area (Å²) in [6, 6.07) is 0. The van der Waals surface area contributed by atoms with Crippen LogP contribution in [0.3, 0.4) is 0 Å². The van der Waals surface area contributed by atoms with Crippen LogP contribution in [0.15, 0.2) is 39.9 Å². The van der Waals surface area contributed by atoms with Gasteiger partial charge in [-0.1, -0.05) is 23.8 Å². The Morgan fingerprint density at radius 3 is 2.90 bits per heavy atom. The van der Waals surface area contributed by atoms with Gasteiger partial charge in [0.2, 0.25) is 0 Å². The third kappa shape index (κ3) is 5.27. The number of likely N-dealkylation sites (tertiary alicyclic amines) is 1. The lowest BCUT2D eigenvalue weighted by atomic mass is 10.1. The van der Waals surface area contributed by atoms with Crippen LogP contribution in [-0.2, 0) is 0 Å². The molecule has 0 bridgehead atoms. The first-order chi connectivity index (χ1) is 10.1. The molecule has 0 aromatic rings. The fourth-order valence-corrected chi connectivity index (χ4v) is 2.56. The van der Waals surface area contributed by atoms with E-state index in [1.165, 1.54) is 6.42 Å². The third-order valence-electron chi connectivity index (χ3n) is 3.48. The lowest BCUT2D eigenvalue weighted by Crippen LogP contribution is -2.48. The maximum atomic E-state index is 8.00. The van der Waals surface area contributed by atoms with E-state index in [0.717, 1.165) is 37.9 Å². The summed E-state index contributed by atoms with van der Waals surface area (Å²) in [5.74, 6) is 0.614. The first kappa shape index (κ1) is 15.6. The summed E-state index contributed by atoms with van der Waals surface area (Å²) in [5.41, 5.74) is 6.95. The van der Waals surface area contributed by atoms with Gasteiger partial charge >= 0.3 is 0 Å². The molecule has 114 valence electrons. The van der Waals surface area contributed by atoms with Gasteiger partial charge in [-0.2, -0.15) is 0 Å². The molecular formula is C15H22ClN5. The van der Waals surface area contributed by atoms with E-state index in [9.17, 15) is 0 Å². The molecule has 0 unspecified atom stereocenters. The second-order valence-corrected chi connectivity index (χ2v) is 5.65. The largest absolute Gasteiger partial charge is 0.370 e. The predicted octanol–water partition coefficient (Wildman–Crippen LogP) is 2.32. The lowest BCUT2D eigenvalue weighted by Gasteiger charge is -2.28. The molecule has 5 nitrogen and oxygen atoms in total. The molecule has 1 saturated heterocycles. The normalized spacial score (nSPS) is 19.7. The highest BCUT2D eigenvalue weighted by Gasteiger charge is 2.13. The molecule has 0 radical (unpaired) electrons. The topological polar surface area (TPSA) is 77.5 Å². The minimum absolute atomic E-state index is 0.278. The van der Waals surface area contributed by atoms with Crippen molar-refractivity contribution in [1.29, 1.82) is 5.41 Å². The van der Waals surface area contributed by atoms with Crippen LogP contribution in [0.2, 0.25) is 0 Å². The zero-order valence-electron chi connectivity index (χ0n) is 12.1. The molecule has 0 atom stereocenters. The molecule has 6 heteroatoms. The maximum Gasteiger partial charge on any atom is 0.197 e. The number of piperidine rings is 1. The molecule has 2 rings (SSSR count). The van der Waals surface area contributed by atoms with E-state index in [-0.39, 0.29) is 5.96 Å². The number of nitrogens with two attached hydrogens (primary N) is 1. The van der Waals surface area contributed by atoms with Crippen molar-refractivity contribution >= 4 is 23.5 Å². The highest BCUT2D eigenvalue weighted by Crippen LogP contribution is 2.15. The molecule has 1 aliphatic carbocycles. The third-order valence-corrected chi connectivity index (χ3v) is 3.72. The van der Waals surface area contributed by atoms with Crippen molar-refractivity contribution in [1.82, 2.24) is 10.2 Å². The van der Waals surface area contributed by atoms with E-state index in [0.29, 0.717) is 17.5 Å². The monoisotopic (exact) mass is 307 g/mol. The van der Waals surface area contributed by atoms with Gasteiger partial charge in [-0.3, -0.25) is 10.7 Å². The van der Waals surface area contributed by atoms with Crippen molar-refractivity contribution in [2.75, 3.05) is 19.6 Å². The second kappa shape index (κ2) is 7.88. The fraction of sp³-hybridized carbons (Fsp3) is 0.467. The van der Waals surface area contributed by atoms with Gasteiger partial charge in [-0.25, -0.2) is 4.99 Å². The van der Waals surface area contributed by atoms with Crippen LogP contribution in [-0.4, -0.2) is 36.5 Å². The highest BCUT2D eigenvalue weighted by atomic mass is 35.5. The Labute approximate surface area is 130 Å². The molecule has 1 aliphatic heterocycles. The zero-order valence-corrected chi connectivity index (χ0v) is 12.9. The summed E-state index contributed by atoms with van der Waals surface area (Å²) in [5, 5.41) is 11.6. The molecule has 0 aromatic heterocycles. The predicted molar refractivity (Wildman–Crippen MR) is 88.6 cm³/mol. The lowest BCUT2D eigenvalue weighted by molar-refractivity contribution is 0.334. The Balaban J connectivity index is 1.85. The standard InChI is InChI=1S/C15H22ClN5/c16-13-7-3-2-6-12(10-13)11-19-14(17)20-15(18)21-8-4-1-5-9-21/h2-3,7,10H,1,4-6,8-9,11H2,(H4,17,18,19,20). The van der Waals surface area contributed by atoms with Crippen molar-refractivity contribution in [3.8, 4) is 0 Å². The summed E-state index contributed by atoms with van der Waals surface area (Å²) in [6.45, 7) is 2.31. The number of halogens is 1. The van der Waals surface area contributed by atoms with E-state index in [1.807, 2.05) is 29.2 Å². The summed E-state index contributed by atoms with van der Waals surface area (Å²) in [6.07, 6.45) is 12.0. The second-order valence-electron chi connectivity index (χ2n) is 5.21. The average molecular weight is 308 g/mol. The minimum Gasteiger partial charge on any atom is -0.370 e. The zero-order chi connectivity index (χ0) is 15.1. The SMILES string of the molecule is N=C(NC(N)=NCC1=CC(Cl)=CC=CC1)N1CCCCC1. The van der Waals surface area contributed by atoms with E-state index in [1.54, 1.807) is 0 Å². The molecular weight excluding hydrogens is 286 g/mol. The number of allylic oxidation sites excluding steroid dienone is 5. The molecule has 0 spiro atoms. The minimum atomic E-state index is 0.278. The van der Waals surface area contributed by atoms with Gasteiger partial charge in [-0.05, 0) is 43.4 Å². The summed E-state index contributed by atoms with van der Waals surface area (Å²) < 4.78 is 0. The Morgan fingerprint density at radius 2 is 2.14 bits per heavy atom. The van der Waals surface area contributed by atoms with Crippen LogP contribution in [0.25, 0.3) is 0 Å². The summed E-state index contributed by atoms with van der Waals surface area (Å²) in [4.78, 5) is 6.29. The van der Waals surface area contributed by atoms with Crippen molar-refractivity contribution < 1.29 is 0 Å². The van der Waals surface area contributed by atoms with Crippen LogP contribution >= 0.6 is 11.6 Å². The molecule has 21 heavy (non-hydrogen) atoms. The maximum absolute atomic E-state index is 8.00. The summed E-state index contributed by atoms with van der Waals surface area (Å²) in [7, 11) is 0. The number of hydrogen-bond acceptors (Lipinski definition) is 2. The van der Waals surface area contributed by atoms with Crippen molar-refractivity contribution in [2.24, 2.45) is 10.7 Å². The molecule has 1 fully saturated rings. The van der Waals surface area contributed by atoms with Crippen molar-refractivity contribution in [3.05, 3.63) is 34.9 Å². The number of rotatable bonds is 2. The molecule has 0 aromatic carbocycles. The molecule has 1 heterocycles. The Kier molecular flexibility index (Phi) is 5.87. The van der Waals surface area contributed by atoms with Crippen LogP contribution < -0.4 is 11.1 Å². The van der Waals surface area contributed by atoms with E-state index in [4.69, 9.17) is 22.7 Å². The van der Waals surface area contributed by atoms with E-state index in [2.05, 4.69) is 10.3 Å². The smallest absolute Gasteiger partial charge is 0.197 e. The number of hydrogen-bond donors (Lipinski definition) is 3. The Bertz CT molecular complexity index is 498. The molecule has 2 aliphatic rings. The van der Waals surface area contributed by atoms with Crippen LogP contribution in [0, 0.1) is 5.41 Å². The number of nitrogens with zero attached hydrogens (tertiary/aromatic N) is 2. The van der Waals surface area contributed by atoms with Crippen LogP contribution in [0.5, 0.6) is 0 Å². The number of nitrogens with one attached hydrogen (secondary N) is 2. The number of aliphatic imine (C=N–C) groups is 1. The molecule has 0 saturated carbocycles. The van der Waals surface area contributed by atoms with Gasteiger partial charge in [0, 0.05) is 18.1 Å². The van der Waals surface area contributed by atoms with Gasteiger partial charge < -0.3 is 10.6 Å². The van der Waals surface area contributed by atoms with Gasteiger partial charge in [0.25, 0.3) is 0 Å². The fourth-order valence-electron chi connectivity index (χ4n) is 2.34. The van der Waals surface area contributed by atoms with Crippen LogP contribution in [0.1, 0.15) is 25.7 Å². The van der Waals surface area contributed by atoms with Crippen LogP contribution in [0.4, 0.5) is 0 Å². The van der Waals surface area contributed by atoms with Crippen molar-refractivity contribution in [2.45, 2.75) is 25.7 Å². The highest BCUT2D eigenvalue weighted by molar-refractivity contribution is 6.31. The summed E-state index contributed by atoms with van der Waals surface area (Å²) >= 11 is 6.01. The number of guanidine groups is 2. The van der Waals surface area contributed by atoms with Gasteiger partial charge in [0.1, 0.15) is 0 Å². The molecule has 0 amide bonds. The average Bonchev–Trinajstić information content (AvgIpc) is 2.70. The molecule has 4 N–H and O–H groups in total. The van der Waals surface area contributed by atoms with E-state index < -0.39 is 0 Å². The van der Waals surface area contributed by atoms with E-state index >= 15 is 0 Å². The van der Waals surface area contributed by atoms with Gasteiger partial charge in [0.15, 0.2) is 11.9 Å². The first-order valence-corrected chi connectivity index (χ1v) is 7.65. The van der Waals surface area contributed by atoms with Gasteiger partial charge in [-0.15, -0.1) is 0 Å². The Hall–Kier alpha value is -1.75. The first-order valence-electron chi connectivity index (χ1n) is 7.27.